The number of halogens is 1. The van der Waals surface area contributed by atoms with Gasteiger partial charge in [0.15, 0.2) is 5.60 Å². The molecule has 1 aromatic carbocycles. The summed E-state index contributed by atoms with van der Waals surface area (Å²) in [5, 5.41) is 3.33. The molecule has 1 spiro atoms. The first-order chi connectivity index (χ1) is 9.55. The molecule has 1 saturated heterocycles. The topological polar surface area (TPSA) is 55.4 Å². The molecule has 4 nitrogen and oxygen atoms in total. The Kier molecular flexibility index (Phi) is 3.30. The Labute approximate surface area is 122 Å². The average molecular weight is 294 g/mol. The van der Waals surface area contributed by atoms with Gasteiger partial charge in [-0.2, -0.15) is 0 Å². The molecule has 0 radical (unpaired) electrons. The summed E-state index contributed by atoms with van der Waals surface area (Å²) < 4.78 is 6.05. The van der Waals surface area contributed by atoms with Crippen LogP contribution in [0.4, 0.5) is 5.69 Å². The molecule has 1 fully saturated rings. The molecule has 0 unspecified atom stereocenters. The van der Waals surface area contributed by atoms with Crippen LogP contribution in [0.15, 0.2) is 18.2 Å². The van der Waals surface area contributed by atoms with Crippen LogP contribution < -0.4 is 5.32 Å². The first kappa shape index (κ1) is 13.6. The van der Waals surface area contributed by atoms with E-state index in [9.17, 15) is 9.59 Å². The van der Waals surface area contributed by atoms with Crippen LogP contribution >= 0.6 is 11.6 Å². The van der Waals surface area contributed by atoms with Crippen LogP contribution in [0.25, 0.3) is 0 Å². The van der Waals surface area contributed by atoms with Gasteiger partial charge in [0.05, 0.1) is 6.10 Å². The van der Waals surface area contributed by atoms with Crippen molar-refractivity contribution >= 4 is 29.0 Å². The highest BCUT2D eigenvalue weighted by molar-refractivity contribution is 6.31. The van der Waals surface area contributed by atoms with E-state index in [0.29, 0.717) is 17.1 Å². The molecule has 3 rings (SSSR count). The van der Waals surface area contributed by atoms with E-state index in [1.165, 1.54) is 0 Å². The summed E-state index contributed by atoms with van der Waals surface area (Å²) in [6.07, 6.45) is 2.01. The van der Waals surface area contributed by atoms with Crippen molar-refractivity contribution in [2.45, 2.75) is 44.3 Å². The largest absolute Gasteiger partial charge is 0.356 e. The van der Waals surface area contributed by atoms with Crippen LogP contribution in [-0.2, 0) is 19.9 Å². The fourth-order valence-corrected chi connectivity index (χ4v) is 3.24. The lowest BCUT2D eigenvalue weighted by molar-refractivity contribution is -0.170. The molecule has 0 bridgehead atoms. The molecular formula is C15H16ClNO3. The van der Waals surface area contributed by atoms with Crippen molar-refractivity contribution in [2.24, 2.45) is 0 Å². The minimum absolute atomic E-state index is 0.0765. The maximum atomic E-state index is 12.4. The molecule has 1 amide bonds. The van der Waals surface area contributed by atoms with Crippen LogP contribution in [0.5, 0.6) is 0 Å². The number of hydrogen-bond donors (Lipinski definition) is 1. The summed E-state index contributed by atoms with van der Waals surface area (Å²) in [6.45, 7) is 2.04. The van der Waals surface area contributed by atoms with E-state index in [1.54, 1.807) is 18.2 Å². The lowest BCUT2D eigenvalue weighted by atomic mass is 9.84. The highest BCUT2D eigenvalue weighted by Gasteiger charge is 2.53. The molecule has 2 aliphatic rings. The zero-order valence-electron chi connectivity index (χ0n) is 11.2. The third-order valence-corrected chi connectivity index (χ3v) is 4.15. The molecule has 2 heterocycles. The maximum absolute atomic E-state index is 12.4. The van der Waals surface area contributed by atoms with Crippen molar-refractivity contribution in [3.8, 4) is 0 Å². The molecule has 0 aliphatic carbocycles. The molecule has 2 aliphatic heterocycles. The zero-order chi connectivity index (χ0) is 14.3. The van der Waals surface area contributed by atoms with E-state index in [0.717, 1.165) is 18.4 Å². The highest BCUT2D eigenvalue weighted by atomic mass is 35.5. The molecular weight excluding hydrogens is 278 g/mol. The van der Waals surface area contributed by atoms with Gasteiger partial charge in [0, 0.05) is 29.1 Å². The molecule has 2 atom stereocenters. The number of Topliss-reactive ketones (excluding diaryl/α,β-unsaturated/α-hetero) is 1. The van der Waals surface area contributed by atoms with Gasteiger partial charge in [-0.25, -0.2) is 0 Å². The lowest BCUT2D eigenvalue weighted by Crippen LogP contribution is -2.47. The minimum atomic E-state index is -1.16. The summed E-state index contributed by atoms with van der Waals surface area (Å²) in [4.78, 5) is 24.4. The molecule has 20 heavy (non-hydrogen) atoms. The number of carbonyl (C=O) groups is 2. The minimum Gasteiger partial charge on any atom is -0.356 e. The first-order valence-electron chi connectivity index (χ1n) is 6.86. The predicted molar refractivity (Wildman–Crippen MR) is 75.8 cm³/mol. The second-order valence-electron chi connectivity index (χ2n) is 5.42. The van der Waals surface area contributed by atoms with Gasteiger partial charge in [-0.05, 0) is 18.6 Å². The average Bonchev–Trinajstić information content (AvgIpc) is 2.61. The summed E-state index contributed by atoms with van der Waals surface area (Å²) in [5.41, 5.74) is 0.211. The number of rotatable bonds is 2. The lowest BCUT2D eigenvalue weighted by Gasteiger charge is -2.36. The van der Waals surface area contributed by atoms with Gasteiger partial charge in [-0.15, -0.1) is 0 Å². The molecule has 106 valence electrons. The predicted octanol–water partition coefficient (Wildman–Crippen LogP) is 3.04. The number of benzene rings is 1. The number of fused-ring (bicyclic) bond motifs is 2. The molecule has 1 N–H and O–H groups in total. The van der Waals surface area contributed by atoms with E-state index >= 15 is 0 Å². The van der Waals surface area contributed by atoms with E-state index in [4.69, 9.17) is 16.3 Å². The van der Waals surface area contributed by atoms with Gasteiger partial charge < -0.3 is 10.1 Å². The zero-order valence-corrected chi connectivity index (χ0v) is 12.0. The fraction of sp³-hybridized carbons (Fsp3) is 0.467. The second kappa shape index (κ2) is 4.86. The Balaban J connectivity index is 2.03. The number of anilines is 1. The van der Waals surface area contributed by atoms with Gasteiger partial charge in [-0.1, -0.05) is 31.0 Å². The van der Waals surface area contributed by atoms with E-state index in [1.807, 2.05) is 6.92 Å². The van der Waals surface area contributed by atoms with Crippen LogP contribution in [0.3, 0.4) is 0 Å². The third-order valence-electron chi connectivity index (χ3n) is 3.91. The summed E-state index contributed by atoms with van der Waals surface area (Å²) in [5.74, 6) is -0.184. The van der Waals surface area contributed by atoms with E-state index < -0.39 is 5.60 Å². The van der Waals surface area contributed by atoms with Crippen molar-refractivity contribution < 1.29 is 14.3 Å². The number of nitrogens with one attached hydrogen (secondary N) is 1. The number of amides is 1. The Hall–Kier alpha value is -1.39. The molecule has 1 aromatic rings. The van der Waals surface area contributed by atoms with Gasteiger partial charge in [-0.3, -0.25) is 9.59 Å². The summed E-state index contributed by atoms with van der Waals surface area (Å²) in [6, 6.07) is 5.19. The Morgan fingerprint density at radius 1 is 1.45 bits per heavy atom. The number of ketones is 1. The first-order valence-corrected chi connectivity index (χ1v) is 7.24. The van der Waals surface area contributed by atoms with Gasteiger partial charge in [0.2, 0.25) is 0 Å². The van der Waals surface area contributed by atoms with E-state index in [-0.39, 0.29) is 24.2 Å². The maximum Gasteiger partial charge on any atom is 0.261 e. The van der Waals surface area contributed by atoms with Gasteiger partial charge in [0.25, 0.3) is 5.91 Å². The van der Waals surface area contributed by atoms with Crippen molar-refractivity contribution in [3.05, 3.63) is 28.8 Å². The Bertz CT molecular complexity index is 586. The second-order valence-corrected chi connectivity index (χ2v) is 5.86. The van der Waals surface area contributed by atoms with Crippen LogP contribution in [0, 0.1) is 0 Å². The van der Waals surface area contributed by atoms with Crippen LogP contribution in [0.2, 0.25) is 5.02 Å². The van der Waals surface area contributed by atoms with Crippen LogP contribution in [-0.4, -0.2) is 17.8 Å². The third kappa shape index (κ3) is 2.03. The summed E-state index contributed by atoms with van der Waals surface area (Å²) >= 11 is 5.95. The van der Waals surface area contributed by atoms with E-state index in [2.05, 4.69) is 5.32 Å². The van der Waals surface area contributed by atoms with Crippen LogP contribution in [0.1, 0.15) is 38.2 Å². The standard InChI is InChI=1S/C15H16ClNO3/c1-2-3-11-7-10(18)8-15(20-11)12-5-4-9(16)6-13(12)17-14(15)19/h4-6,11H,2-3,7-8H2,1H3,(H,17,19)/t11-,15+/m0/s1. The van der Waals surface area contributed by atoms with Crippen molar-refractivity contribution in [2.75, 3.05) is 5.32 Å². The number of ether oxygens (including phenoxy) is 1. The molecule has 0 aromatic heterocycles. The Morgan fingerprint density at radius 3 is 3.00 bits per heavy atom. The quantitative estimate of drug-likeness (QED) is 0.912. The number of hydrogen-bond acceptors (Lipinski definition) is 3. The smallest absolute Gasteiger partial charge is 0.261 e. The summed E-state index contributed by atoms with van der Waals surface area (Å²) in [7, 11) is 0. The van der Waals surface area contributed by atoms with Gasteiger partial charge in [0.1, 0.15) is 5.78 Å². The normalized spacial score (nSPS) is 28.6. The molecule has 5 heteroatoms. The van der Waals surface area contributed by atoms with Crippen molar-refractivity contribution in [3.63, 3.8) is 0 Å². The monoisotopic (exact) mass is 293 g/mol. The van der Waals surface area contributed by atoms with Crippen molar-refractivity contribution in [1.29, 1.82) is 0 Å². The molecule has 0 saturated carbocycles. The SMILES string of the molecule is CCC[C@H]1CC(=O)C[C@]2(O1)C(=O)Nc1cc(Cl)ccc12. The Morgan fingerprint density at radius 2 is 2.25 bits per heavy atom. The van der Waals surface area contributed by atoms with Gasteiger partial charge >= 0.3 is 0 Å². The number of carbonyl (C=O) groups excluding carboxylic acids is 2. The fourth-order valence-electron chi connectivity index (χ4n) is 3.06. The highest BCUT2D eigenvalue weighted by Crippen LogP contribution is 2.46. The van der Waals surface area contributed by atoms with Crippen molar-refractivity contribution in [1.82, 2.24) is 0 Å².